The maximum Gasteiger partial charge on any atom is 0.406 e. The van der Waals surface area contributed by atoms with E-state index < -0.39 is 31.1 Å². The third-order valence-corrected chi connectivity index (χ3v) is 5.04. The number of hydrogen-bond acceptors (Lipinski definition) is 5. The second-order valence-corrected chi connectivity index (χ2v) is 7.41. The number of benzene rings is 1. The van der Waals surface area contributed by atoms with E-state index in [-0.39, 0.29) is 28.2 Å². The lowest BCUT2D eigenvalue weighted by atomic mass is 10.1. The smallest absolute Gasteiger partial charge is 0.406 e. The van der Waals surface area contributed by atoms with E-state index >= 15 is 0 Å². The first-order valence-electron chi connectivity index (χ1n) is 9.97. The SMILES string of the molecule is CCCn1nc(C(=O)OCC(=O)c2cc(C)n(CC(F)(F)F)c2C)c2ccccc2c1=O. The third-order valence-electron chi connectivity index (χ3n) is 5.04. The van der Waals surface area contributed by atoms with Gasteiger partial charge in [-0.05, 0) is 32.4 Å². The van der Waals surface area contributed by atoms with Gasteiger partial charge in [0.1, 0.15) is 6.54 Å². The van der Waals surface area contributed by atoms with E-state index in [9.17, 15) is 27.6 Å². The summed E-state index contributed by atoms with van der Waals surface area (Å²) in [4.78, 5) is 37.8. The number of rotatable bonds is 7. The molecule has 0 bridgehead atoms. The molecular formula is C22H22F3N3O4. The summed E-state index contributed by atoms with van der Waals surface area (Å²) >= 11 is 0. The number of esters is 1. The van der Waals surface area contributed by atoms with Gasteiger partial charge in [0.2, 0.25) is 5.78 Å². The first kappa shape index (κ1) is 23.2. The van der Waals surface area contributed by atoms with Gasteiger partial charge >= 0.3 is 12.1 Å². The van der Waals surface area contributed by atoms with Crippen molar-refractivity contribution in [3.05, 3.63) is 63.3 Å². The summed E-state index contributed by atoms with van der Waals surface area (Å²) in [5.74, 6) is -1.53. The van der Waals surface area contributed by atoms with Crippen LogP contribution in [0.3, 0.4) is 0 Å². The fourth-order valence-electron chi connectivity index (χ4n) is 3.53. The highest BCUT2D eigenvalue weighted by Gasteiger charge is 2.30. The van der Waals surface area contributed by atoms with E-state index in [4.69, 9.17) is 4.74 Å². The summed E-state index contributed by atoms with van der Waals surface area (Å²) < 4.78 is 45.7. The molecule has 1 aromatic carbocycles. The highest BCUT2D eigenvalue weighted by atomic mass is 19.4. The molecular weight excluding hydrogens is 427 g/mol. The van der Waals surface area contributed by atoms with Crippen LogP contribution in [0.2, 0.25) is 0 Å². The van der Waals surface area contributed by atoms with Crippen molar-refractivity contribution in [2.24, 2.45) is 0 Å². The van der Waals surface area contributed by atoms with Crippen LogP contribution in [0.1, 0.15) is 45.6 Å². The van der Waals surface area contributed by atoms with E-state index in [1.165, 1.54) is 24.6 Å². The Morgan fingerprint density at radius 1 is 1.12 bits per heavy atom. The average molecular weight is 449 g/mol. The van der Waals surface area contributed by atoms with Crippen LogP contribution in [0.4, 0.5) is 13.2 Å². The van der Waals surface area contributed by atoms with Crippen molar-refractivity contribution in [3.63, 3.8) is 0 Å². The van der Waals surface area contributed by atoms with Gasteiger partial charge in [0.25, 0.3) is 5.56 Å². The van der Waals surface area contributed by atoms with E-state index in [0.29, 0.717) is 23.7 Å². The summed E-state index contributed by atoms with van der Waals surface area (Å²) in [6, 6.07) is 7.78. The number of ether oxygens (including phenoxy) is 1. The van der Waals surface area contributed by atoms with Gasteiger partial charge in [0.15, 0.2) is 12.3 Å². The number of hydrogen-bond donors (Lipinski definition) is 0. The summed E-state index contributed by atoms with van der Waals surface area (Å²) in [7, 11) is 0. The fourth-order valence-corrected chi connectivity index (χ4v) is 3.53. The van der Waals surface area contributed by atoms with Gasteiger partial charge in [-0.1, -0.05) is 25.1 Å². The van der Waals surface area contributed by atoms with Crippen molar-refractivity contribution in [2.75, 3.05) is 6.61 Å². The molecule has 0 fully saturated rings. The second kappa shape index (κ2) is 8.97. The lowest BCUT2D eigenvalue weighted by Crippen LogP contribution is -2.27. The van der Waals surface area contributed by atoms with E-state index in [2.05, 4.69) is 5.10 Å². The minimum atomic E-state index is -4.43. The molecule has 0 saturated heterocycles. The number of ketones is 1. The molecule has 2 heterocycles. The maximum atomic E-state index is 12.8. The number of Topliss-reactive ketones (excluding diaryl/α,β-unsaturated/α-hetero) is 1. The Labute approximate surface area is 181 Å². The molecule has 0 amide bonds. The van der Waals surface area contributed by atoms with Crippen molar-refractivity contribution >= 4 is 22.5 Å². The Hall–Kier alpha value is -3.43. The first-order valence-corrected chi connectivity index (χ1v) is 9.97. The number of fused-ring (bicyclic) bond motifs is 1. The van der Waals surface area contributed by atoms with Crippen molar-refractivity contribution in [3.8, 4) is 0 Å². The summed E-state index contributed by atoms with van der Waals surface area (Å²) in [6.45, 7) is 3.14. The molecule has 10 heteroatoms. The van der Waals surface area contributed by atoms with Crippen molar-refractivity contribution in [1.82, 2.24) is 14.3 Å². The Morgan fingerprint density at radius 2 is 1.78 bits per heavy atom. The maximum absolute atomic E-state index is 12.8. The Morgan fingerprint density at radius 3 is 2.41 bits per heavy atom. The van der Waals surface area contributed by atoms with Crippen LogP contribution in [0.5, 0.6) is 0 Å². The van der Waals surface area contributed by atoms with Crippen LogP contribution in [0, 0.1) is 13.8 Å². The highest BCUT2D eigenvalue weighted by molar-refractivity contribution is 6.04. The lowest BCUT2D eigenvalue weighted by molar-refractivity contribution is -0.141. The number of aromatic nitrogens is 3. The zero-order valence-corrected chi connectivity index (χ0v) is 17.8. The van der Waals surface area contributed by atoms with Crippen LogP contribution in [-0.2, 0) is 17.8 Å². The standard InChI is InChI=1S/C22H22F3N3O4/c1-4-9-28-20(30)16-8-6-5-7-15(16)19(26-28)21(31)32-11-18(29)17-10-13(2)27(14(17)3)12-22(23,24)25/h5-8,10H,4,9,11-12H2,1-3H3. The minimum absolute atomic E-state index is 0.0494. The number of carbonyl (C=O) groups excluding carboxylic acids is 2. The van der Waals surface area contributed by atoms with Crippen molar-refractivity contribution in [2.45, 2.75) is 46.5 Å². The summed E-state index contributed by atoms with van der Waals surface area (Å²) in [6.07, 6.45) is -3.82. The molecule has 0 atom stereocenters. The molecule has 0 aliphatic rings. The van der Waals surface area contributed by atoms with Crippen LogP contribution < -0.4 is 5.56 Å². The van der Waals surface area contributed by atoms with E-state index in [1.807, 2.05) is 6.92 Å². The molecule has 0 aliphatic carbocycles. The Kier molecular flexibility index (Phi) is 6.52. The number of halogens is 3. The molecule has 0 unspecified atom stereocenters. The van der Waals surface area contributed by atoms with Crippen LogP contribution >= 0.6 is 0 Å². The Bertz CT molecular complexity index is 1240. The van der Waals surface area contributed by atoms with Crippen molar-refractivity contribution < 1.29 is 27.5 Å². The van der Waals surface area contributed by atoms with Crippen molar-refractivity contribution in [1.29, 1.82) is 0 Å². The van der Waals surface area contributed by atoms with E-state index in [1.54, 1.807) is 24.3 Å². The molecule has 2 aromatic heterocycles. The molecule has 0 radical (unpaired) electrons. The number of alkyl halides is 3. The lowest BCUT2D eigenvalue weighted by Gasteiger charge is -2.12. The van der Waals surface area contributed by atoms with Gasteiger partial charge in [-0.2, -0.15) is 18.3 Å². The molecule has 32 heavy (non-hydrogen) atoms. The zero-order chi connectivity index (χ0) is 23.6. The topological polar surface area (TPSA) is 83.2 Å². The summed E-state index contributed by atoms with van der Waals surface area (Å²) in [5.41, 5.74) is 0.0132. The summed E-state index contributed by atoms with van der Waals surface area (Å²) in [5, 5.41) is 4.70. The molecule has 7 nitrogen and oxygen atoms in total. The average Bonchev–Trinajstić information content (AvgIpc) is 3.01. The molecule has 0 saturated carbocycles. The van der Waals surface area contributed by atoms with Gasteiger partial charge in [-0.15, -0.1) is 0 Å². The number of carbonyl (C=O) groups is 2. The first-order chi connectivity index (χ1) is 15.0. The Balaban J connectivity index is 1.85. The van der Waals surface area contributed by atoms with E-state index in [0.717, 1.165) is 4.57 Å². The third kappa shape index (κ3) is 4.74. The fraction of sp³-hybridized carbons (Fsp3) is 0.364. The van der Waals surface area contributed by atoms with Gasteiger partial charge < -0.3 is 9.30 Å². The zero-order valence-electron chi connectivity index (χ0n) is 17.8. The van der Waals surface area contributed by atoms with Gasteiger partial charge in [0.05, 0.1) is 5.39 Å². The molecule has 0 spiro atoms. The van der Waals surface area contributed by atoms with Gasteiger partial charge in [0, 0.05) is 28.9 Å². The van der Waals surface area contributed by atoms with Crippen LogP contribution in [-0.4, -0.2) is 38.9 Å². The largest absolute Gasteiger partial charge is 0.452 e. The highest BCUT2D eigenvalue weighted by Crippen LogP contribution is 2.23. The quantitative estimate of drug-likeness (QED) is 0.405. The predicted molar refractivity (Wildman–Crippen MR) is 111 cm³/mol. The van der Waals surface area contributed by atoms with Crippen LogP contribution in [0.25, 0.3) is 10.8 Å². The molecule has 0 aliphatic heterocycles. The van der Waals surface area contributed by atoms with Crippen LogP contribution in [0.15, 0.2) is 35.1 Å². The molecule has 0 N–H and O–H groups in total. The van der Waals surface area contributed by atoms with Gasteiger partial charge in [-0.25, -0.2) is 9.48 Å². The molecule has 3 rings (SSSR count). The molecule has 170 valence electrons. The minimum Gasteiger partial charge on any atom is -0.452 e. The normalized spacial score (nSPS) is 11.7. The molecule has 3 aromatic rings. The second-order valence-electron chi connectivity index (χ2n) is 7.41. The monoisotopic (exact) mass is 449 g/mol. The predicted octanol–water partition coefficient (Wildman–Crippen LogP) is 3.83. The number of aryl methyl sites for hydroxylation is 2. The van der Waals surface area contributed by atoms with Gasteiger partial charge in [-0.3, -0.25) is 9.59 Å². The number of nitrogens with zero attached hydrogens (tertiary/aromatic N) is 3.